The third kappa shape index (κ3) is 4.97. The summed E-state index contributed by atoms with van der Waals surface area (Å²) >= 11 is 0. The number of anilines is 1. The number of amides is 2. The fourth-order valence-electron chi connectivity index (χ4n) is 3.51. The molecule has 0 aliphatic heterocycles. The van der Waals surface area contributed by atoms with E-state index in [2.05, 4.69) is 27.6 Å². The number of urea groups is 1. The largest absolute Gasteiger partial charge is 0.480 e. The maximum Gasteiger partial charge on any atom is 0.320 e. The standard InChI is InChI=1S/C18H29N5O3/c1-3-4-13-9-16(22(2)21-13)20-18(26)19-14-7-15(8-14)23(11-17(24)25)10-12-5-6-12/h9,12,14-15H,3-8,10-11H2,1-2H3,(H,24,25)(H2,19,20,26). The van der Waals surface area contributed by atoms with Crippen molar-refractivity contribution < 1.29 is 14.7 Å². The molecule has 3 rings (SSSR count). The molecule has 2 aliphatic carbocycles. The van der Waals surface area contributed by atoms with Crippen LogP contribution in [0, 0.1) is 5.92 Å². The maximum atomic E-state index is 12.2. The van der Waals surface area contributed by atoms with Gasteiger partial charge in [0.2, 0.25) is 0 Å². The summed E-state index contributed by atoms with van der Waals surface area (Å²) in [7, 11) is 1.82. The second kappa shape index (κ2) is 8.07. The number of nitrogens with zero attached hydrogens (tertiary/aromatic N) is 3. The van der Waals surface area contributed by atoms with E-state index in [9.17, 15) is 9.59 Å². The van der Waals surface area contributed by atoms with E-state index in [1.807, 2.05) is 13.1 Å². The molecule has 1 aromatic rings. The van der Waals surface area contributed by atoms with E-state index < -0.39 is 5.97 Å². The quantitative estimate of drug-likeness (QED) is 0.621. The highest BCUT2D eigenvalue weighted by Gasteiger charge is 2.37. The van der Waals surface area contributed by atoms with E-state index >= 15 is 0 Å². The molecule has 0 aromatic carbocycles. The molecule has 144 valence electrons. The third-order valence-electron chi connectivity index (χ3n) is 5.17. The fourth-order valence-corrected chi connectivity index (χ4v) is 3.51. The Hall–Kier alpha value is -2.09. The molecule has 0 saturated heterocycles. The van der Waals surface area contributed by atoms with Gasteiger partial charge >= 0.3 is 12.0 Å². The first-order valence-electron chi connectivity index (χ1n) is 9.50. The average Bonchev–Trinajstić information content (AvgIpc) is 3.26. The minimum Gasteiger partial charge on any atom is -0.480 e. The van der Waals surface area contributed by atoms with Gasteiger partial charge in [0.25, 0.3) is 0 Å². The van der Waals surface area contributed by atoms with Crippen LogP contribution in [0.15, 0.2) is 6.07 Å². The van der Waals surface area contributed by atoms with Crippen LogP contribution in [-0.4, -0.2) is 57.0 Å². The first kappa shape index (κ1) is 18.7. The number of rotatable bonds is 9. The van der Waals surface area contributed by atoms with Gasteiger partial charge in [0.1, 0.15) is 5.82 Å². The molecule has 0 radical (unpaired) electrons. The van der Waals surface area contributed by atoms with Gasteiger partial charge < -0.3 is 10.4 Å². The molecule has 2 fully saturated rings. The van der Waals surface area contributed by atoms with Crippen LogP contribution in [0.5, 0.6) is 0 Å². The molecule has 3 N–H and O–H groups in total. The number of carbonyl (C=O) groups is 2. The van der Waals surface area contributed by atoms with Crippen molar-refractivity contribution in [3.8, 4) is 0 Å². The lowest BCUT2D eigenvalue weighted by atomic mass is 9.85. The first-order chi connectivity index (χ1) is 12.4. The van der Waals surface area contributed by atoms with Crippen LogP contribution in [0.2, 0.25) is 0 Å². The zero-order valence-corrected chi connectivity index (χ0v) is 15.6. The van der Waals surface area contributed by atoms with Crippen LogP contribution in [0.4, 0.5) is 10.6 Å². The topological polar surface area (TPSA) is 99.5 Å². The molecular formula is C18H29N5O3. The van der Waals surface area contributed by atoms with Gasteiger partial charge in [-0.1, -0.05) is 13.3 Å². The highest BCUT2D eigenvalue weighted by molar-refractivity contribution is 5.88. The zero-order chi connectivity index (χ0) is 18.7. The van der Waals surface area contributed by atoms with Crippen molar-refractivity contribution in [3.63, 3.8) is 0 Å². The molecule has 2 saturated carbocycles. The van der Waals surface area contributed by atoms with Crippen LogP contribution in [0.25, 0.3) is 0 Å². The van der Waals surface area contributed by atoms with Crippen LogP contribution < -0.4 is 10.6 Å². The van der Waals surface area contributed by atoms with Gasteiger partial charge in [-0.25, -0.2) is 4.79 Å². The molecule has 1 aromatic heterocycles. The predicted octanol–water partition coefficient (Wildman–Crippen LogP) is 1.82. The second-order valence-corrected chi connectivity index (χ2v) is 7.58. The third-order valence-corrected chi connectivity index (χ3v) is 5.17. The highest BCUT2D eigenvalue weighted by Crippen LogP contribution is 2.33. The lowest BCUT2D eigenvalue weighted by Crippen LogP contribution is -2.56. The Morgan fingerprint density at radius 1 is 1.38 bits per heavy atom. The van der Waals surface area contributed by atoms with Crippen molar-refractivity contribution in [2.24, 2.45) is 13.0 Å². The Balaban J connectivity index is 1.44. The Bertz CT molecular complexity index is 649. The maximum absolute atomic E-state index is 12.2. The van der Waals surface area contributed by atoms with Crippen molar-refractivity contribution in [2.75, 3.05) is 18.4 Å². The number of carboxylic acid groups (broad SMARTS) is 1. The molecule has 2 aliphatic rings. The van der Waals surface area contributed by atoms with Crippen LogP contribution >= 0.6 is 0 Å². The summed E-state index contributed by atoms with van der Waals surface area (Å²) in [5.74, 6) is 0.564. The highest BCUT2D eigenvalue weighted by atomic mass is 16.4. The van der Waals surface area contributed by atoms with Gasteiger partial charge in [0.15, 0.2) is 0 Å². The smallest absolute Gasteiger partial charge is 0.320 e. The normalized spacial score (nSPS) is 22.1. The van der Waals surface area contributed by atoms with E-state index in [1.165, 1.54) is 12.8 Å². The summed E-state index contributed by atoms with van der Waals surface area (Å²) in [5, 5.41) is 19.3. The number of aromatic nitrogens is 2. The molecule has 0 spiro atoms. The SMILES string of the molecule is CCCc1cc(NC(=O)NC2CC(N(CC(=O)O)CC3CC3)C2)n(C)n1. The number of hydrogen-bond acceptors (Lipinski definition) is 4. The van der Waals surface area contributed by atoms with Gasteiger partial charge in [-0.15, -0.1) is 0 Å². The van der Waals surface area contributed by atoms with Gasteiger partial charge in [-0.3, -0.25) is 19.7 Å². The van der Waals surface area contributed by atoms with Crippen molar-refractivity contribution >= 4 is 17.8 Å². The summed E-state index contributed by atoms with van der Waals surface area (Å²) in [6.45, 7) is 3.05. The van der Waals surface area contributed by atoms with Crippen molar-refractivity contribution in [1.29, 1.82) is 0 Å². The van der Waals surface area contributed by atoms with Crippen molar-refractivity contribution in [2.45, 2.75) is 57.5 Å². The number of aryl methyl sites for hydroxylation is 2. The van der Waals surface area contributed by atoms with E-state index in [0.29, 0.717) is 11.7 Å². The zero-order valence-electron chi connectivity index (χ0n) is 15.6. The minimum atomic E-state index is -0.779. The average molecular weight is 363 g/mol. The van der Waals surface area contributed by atoms with Gasteiger partial charge in [-0.05, 0) is 38.0 Å². The monoisotopic (exact) mass is 363 g/mol. The van der Waals surface area contributed by atoms with Gasteiger partial charge in [0, 0.05) is 31.7 Å². The Morgan fingerprint density at radius 3 is 2.73 bits per heavy atom. The Kier molecular flexibility index (Phi) is 5.80. The van der Waals surface area contributed by atoms with Gasteiger partial charge in [-0.2, -0.15) is 5.10 Å². The lowest BCUT2D eigenvalue weighted by Gasteiger charge is -2.42. The predicted molar refractivity (Wildman–Crippen MR) is 98.1 cm³/mol. The number of nitrogens with one attached hydrogen (secondary N) is 2. The minimum absolute atomic E-state index is 0.0926. The van der Waals surface area contributed by atoms with Gasteiger partial charge in [0.05, 0.1) is 12.2 Å². The second-order valence-electron chi connectivity index (χ2n) is 7.58. The van der Waals surface area contributed by atoms with Crippen LogP contribution in [0.3, 0.4) is 0 Å². The summed E-state index contributed by atoms with van der Waals surface area (Å²) in [5.41, 5.74) is 0.971. The molecule has 2 amide bonds. The Morgan fingerprint density at radius 2 is 2.12 bits per heavy atom. The van der Waals surface area contributed by atoms with Crippen molar-refractivity contribution in [3.05, 3.63) is 11.8 Å². The van der Waals surface area contributed by atoms with E-state index in [-0.39, 0.29) is 24.7 Å². The molecule has 8 heteroatoms. The molecule has 0 bridgehead atoms. The lowest BCUT2D eigenvalue weighted by molar-refractivity contribution is -0.139. The van der Waals surface area contributed by atoms with Crippen molar-refractivity contribution in [1.82, 2.24) is 20.0 Å². The summed E-state index contributed by atoms with van der Waals surface area (Å²) in [6.07, 6.45) is 5.93. The molecule has 26 heavy (non-hydrogen) atoms. The van der Waals surface area contributed by atoms with Crippen LogP contribution in [-0.2, 0) is 18.3 Å². The number of hydrogen-bond donors (Lipinski definition) is 3. The van der Waals surface area contributed by atoms with E-state index in [1.54, 1.807) is 4.68 Å². The van der Waals surface area contributed by atoms with E-state index in [4.69, 9.17) is 5.11 Å². The number of carboxylic acids is 1. The molecule has 0 unspecified atom stereocenters. The number of carbonyl (C=O) groups excluding carboxylic acids is 1. The first-order valence-corrected chi connectivity index (χ1v) is 9.50. The van der Waals surface area contributed by atoms with Crippen LogP contribution in [0.1, 0.15) is 44.7 Å². The fraction of sp³-hybridized carbons (Fsp3) is 0.722. The molecule has 1 heterocycles. The Labute approximate surface area is 153 Å². The molecular weight excluding hydrogens is 334 g/mol. The summed E-state index contributed by atoms with van der Waals surface area (Å²) in [6, 6.07) is 2.02. The summed E-state index contributed by atoms with van der Waals surface area (Å²) < 4.78 is 1.68. The van der Waals surface area contributed by atoms with E-state index in [0.717, 1.165) is 37.9 Å². The molecule has 0 atom stereocenters. The molecule has 8 nitrogen and oxygen atoms in total. The summed E-state index contributed by atoms with van der Waals surface area (Å²) in [4.78, 5) is 25.3. The number of aliphatic carboxylic acids is 1.